The van der Waals surface area contributed by atoms with Crippen molar-refractivity contribution in [1.29, 1.82) is 0 Å². The summed E-state index contributed by atoms with van der Waals surface area (Å²) in [7, 11) is 0. The van der Waals surface area contributed by atoms with E-state index >= 15 is 0 Å². The number of hydrogen-bond acceptors (Lipinski definition) is 3. The van der Waals surface area contributed by atoms with Crippen molar-refractivity contribution in [3.8, 4) is 0 Å². The maximum absolute atomic E-state index is 12.5. The molecule has 1 aliphatic heterocycles. The second kappa shape index (κ2) is 7.59. The third-order valence-electron chi connectivity index (χ3n) is 4.61. The maximum Gasteiger partial charge on any atom is 0.254 e. The summed E-state index contributed by atoms with van der Waals surface area (Å²) in [6, 6.07) is 7.30. The highest BCUT2D eigenvalue weighted by molar-refractivity contribution is 5.99. The lowest BCUT2D eigenvalue weighted by atomic mass is 9.95. The van der Waals surface area contributed by atoms with E-state index in [-0.39, 0.29) is 17.9 Å². The molecular weight excluding hydrogens is 292 g/mol. The van der Waals surface area contributed by atoms with Crippen molar-refractivity contribution >= 4 is 11.8 Å². The lowest BCUT2D eigenvalue weighted by Crippen LogP contribution is -2.40. The van der Waals surface area contributed by atoms with Gasteiger partial charge in [0.2, 0.25) is 0 Å². The molecule has 0 unspecified atom stereocenters. The van der Waals surface area contributed by atoms with E-state index in [9.17, 15) is 9.59 Å². The Bertz CT molecular complexity index is 561. The van der Waals surface area contributed by atoms with Gasteiger partial charge in [0.1, 0.15) is 0 Å². The van der Waals surface area contributed by atoms with Crippen LogP contribution in [0.4, 0.5) is 0 Å². The zero-order valence-electron chi connectivity index (χ0n) is 13.4. The Labute approximate surface area is 137 Å². The number of hydrogen-bond donors (Lipinski definition) is 1. The number of carbonyl (C=O) groups is 2. The number of rotatable bonds is 3. The summed E-state index contributed by atoms with van der Waals surface area (Å²) in [6.07, 6.45) is 5.73. The third kappa shape index (κ3) is 4.10. The molecule has 3 rings (SSSR count). The third-order valence-corrected chi connectivity index (χ3v) is 4.61. The fraction of sp³-hybridized carbons (Fsp3) is 0.556. The molecule has 2 aliphatic rings. The van der Waals surface area contributed by atoms with Gasteiger partial charge in [-0.05, 0) is 31.0 Å². The summed E-state index contributed by atoms with van der Waals surface area (Å²) >= 11 is 0. The molecule has 0 aromatic heterocycles. The first kappa shape index (κ1) is 16.0. The molecule has 5 heteroatoms. The van der Waals surface area contributed by atoms with E-state index in [0.29, 0.717) is 37.4 Å². The number of benzene rings is 1. The van der Waals surface area contributed by atoms with E-state index in [0.717, 1.165) is 12.8 Å². The van der Waals surface area contributed by atoms with E-state index in [2.05, 4.69) is 5.32 Å². The zero-order valence-corrected chi connectivity index (χ0v) is 13.4. The number of amides is 2. The first-order chi connectivity index (χ1) is 11.2. The fourth-order valence-electron chi connectivity index (χ4n) is 3.26. The molecule has 1 N–H and O–H groups in total. The molecule has 1 saturated carbocycles. The van der Waals surface area contributed by atoms with Gasteiger partial charge in [-0.15, -0.1) is 0 Å². The molecule has 0 atom stereocenters. The van der Waals surface area contributed by atoms with Crippen LogP contribution in [0.2, 0.25) is 0 Å². The van der Waals surface area contributed by atoms with Crippen LogP contribution in [0, 0.1) is 0 Å². The lowest BCUT2D eigenvalue weighted by molar-refractivity contribution is 0.0303. The zero-order chi connectivity index (χ0) is 16.1. The van der Waals surface area contributed by atoms with E-state index in [1.165, 1.54) is 19.3 Å². The van der Waals surface area contributed by atoms with Crippen molar-refractivity contribution in [1.82, 2.24) is 10.2 Å². The normalized spacial score (nSPS) is 19.4. The average molecular weight is 316 g/mol. The Balaban J connectivity index is 1.66. The van der Waals surface area contributed by atoms with Crippen LogP contribution in [0.3, 0.4) is 0 Å². The number of nitrogens with one attached hydrogen (secondary N) is 1. The van der Waals surface area contributed by atoms with Crippen LogP contribution in [0.1, 0.15) is 52.8 Å². The minimum atomic E-state index is -0.0754. The Morgan fingerprint density at radius 3 is 2.48 bits per heavy atom. The molecule has 2 fully saturated rings. The number of carbonyl (C=O) groups excluding carboxylic acids is 2. The Morgan fingerprint density at radius 2 is 1.74 bits per heavy atom. The molecule has 1 aromatic rings. The van der Waals surface area contributed by atoms with Gasteiger partial charge in [-0.1, -0.05) is 25.3 Å². The number of ether oxygens (including phenoxy) is 1. The van der Waals surface area contributed by atoms with E-state index < -0.39 is 0 Å². The predicted molar refractivity (Wildman–Crippen MR) is 87.5 cm³/mol. The molecule has 0 bridgehead atoms. The van der Waals surface area contributed by atoms with Gasteiger partial charge in [-0.3, -0.25) is 9.59 Å². The van der Waals surface area contributed by atoms with Crippen molar-refractivity contribution in [3.63, 3.8) is 0 Å². The van der Waals surface area contributed by atoms with Crippen LogP contribution in [0.15, 0.2) is 24.3 Å². The quantitative estimate of drug-likeness (QED) is 0.930. The van der Waals surface area contributed by atoms with Crippen LogP contribution in [-0.2, 0) is 4.74 Å². The van der Waals surface area contributed by atoms with Crippen molar-refractivity contribution in [2.24, 2.45) is 0 Å². The Hall–Kier alpha value is -1.88. The van der Waals surface area contributed by atoms with Crippen LogP contribution in [0.5, 0.6) is 0 Å². The molecule has 1 saturated heterocycles. The molecule has 1 aliphatic carbocycles. The predicted octanol–water partition coefficient (Wildman–Crippen LogP) is 2.22. The molecule has 2 amide bonds. The van der Waals surface area contributed by atoms with Gasteiger partial charge in [0, 0.05) is 30.3 Å². The largest absolute Gasteiger partial charge is 0.378 e. The van der Waals surface area contributed by atoms with Crippen molar-refractivity contribution in [2.75, 3.05) is 26.3 Å². The SMILES string of the molecule is O=C(NC1CCCCC1)c1cccc(C(=O)N2CCOCC2)c1. The van der Waals surface area contributed by atoms with Gasteiger partial charge in [-0.25, -0.2) is 0 Å². The van der Waals surface area contributed by atoms with Crippen LogP contribution < -0.4 is 5.32 Å². The fourth-order valence-corrected chi connectivity index (χ4v) is 3.26. The first-order valence-electron chi connectivity index (χ1n) is 8.52. The van der Waals surface area contributed by atoms with Gasteiger partial charge < -0.3 is 15.0 Å². The van der Waals surface area contributed by atoms with Crippen LogP contribution >= 0.6 is 0 Å². The minimum absolute atomic E-state index is 0.0272. The van der Waals surface area contributed by atoms with Crippen molar-refractivity contribution in [3.05, 3.63) is 35.4 Å². The van der Waals surface area contributed by atoms with Gasteiger partial charge >= 0.3 is 0 Å². The van der Waals surface area contributed by atoms with E-state index in [4.69, 9.17) is 4.74 Å². The van der Waals surface area contributed by atoms with Gasteiger partial charge in [0.15, 0.2) is 0 Å². The molecule has 124 valence electrons. The maximum atomic E-state index is 12.5. The molecule has 1 heterocycles. The first-order valence-corrected chi connectivity index (χ1v) is 8.52. The Morgan fingerprint density at radius 1 is 1.04 bits per heavy atom. The summed E-state index contributed by atoms with van der Waals surface area (Å²) in [4.78, 5) is 26.7. The molecule has 5 nitrogen and oxygen atoms in total. The summed E-state index contributed by atoms with van der Waals surface area (Å²) in [5, 5.41) is 3.10. The summed E-state index contributed by atoms with van der Waals surface area (Å²) in [5.41, 5.74) is 1.14. The molecule has 23 heavy (non-hydrogen) atoms. The summed E-state index contributed by atoms with van der Waals surface area (Å²) < 4.78 is 5.27. The average Bonchev–Trinajstić information content (AvgIpc) is 2.63. The highest BCUT2D eigenvalue weighted by atomic mass is 16.5. The lowest BCUT2D eigenvalue weighted by Gasteiger charge is -2.27. The van der Waals surface area contributed by atoms with E-state index in [1.807, 2.05) is 0 Å². The van der Waals surface area contributed by atoms with E-state index in [1.54, 1.807) is 29.2 Å². The molecule has 0 radical (unpaired) electrons. The minimum Gasteiger partial charge on any atom is -0.378 e. The second-order valence-corrected chi connectivity index (χ2v) is 6.29. The van der Waals surface area contributed by atoms with Crippen LogP contribution in [-0.4, -0.2) is 49.1 Å². The van der Waals surface area contributed by atoms with Gasteiger partial charge in [0.25, 0.3) is 11.8 Å². The smallest absolute Gasteiger partial charge is 0.254 e. The highest BCUT2D eigenvalue weighted by Gasteiger charge is 2.20. The monoisotopic (exact) mass is 316 g/mol. The second-order valence-electron chi connectivity index (χ2n) is 6.29. The van der Waals surface area contributed by atoms with Crippen molar-refractivity contribution in [2.45, 2.75) is 38.1 Å². The van der Waals surface area contributed by atoms with Crippen LogP contribution in [0.25, 0.3) is 0 Å². The topological polar surface area (TPSA) is 58.6 Å². The molecule has 1 aromatic carbocycles. The van der Waals surface area contributed by atoms with Gasteiger partial charge in [0.05, 0.1) is 13.2 Å². The standard InChI is InChI=1S/C18H24N2O3/c21-17(19-16-7-2-1-3-8-16)14-5-4-6-15(13-14)18(22)20-9-11-23-12-10-20/h4-6,13,16H,1-3,7-12H2,(H,19,21). The summed E-state index contributed by atoms with van der Waals surface area (Å²) in [5.74, 6) is -0.103. The van der Waals surface area contributed by atoms with Crippen molar-refractivity contribution < 1.29 is 14.3 Å². The van der Waals surface area contributed by atoms with Gasteiger partial charge in [-0.2, -0.15) is 0 Å². The molecular formula is C18H24N2O3. The number of morpholine rings is 1. The number of nitrogens with zero attached hydrogens (tertiary/aromatic N) is 1. The summed E-state index contributed by atoms with van der Waals surface area (Å²) in [6.45, 7) is 2.37. The molecule has 0 spiro atoms. The Kier molecular flexibility index (Phi) is 5.28. The highest BCUT2D eigenvalue weighted by Crippen LogP contribution is 2.18.